The van der Waals surface area contributed by atoms with Gasteiger partial charge in [0.1, 0.15) is 5.82 Å². The predicted octanol–water partition coefficient (Wildman–Crippen LogP) is 3.32. The van der Waals surface area contributed by atoms with Crippen LogP contribution in [0.4, 0.5) is 0 Å². The maximum Gasteiger partial charge on any atom is 0.233 e. The first-order chi connectivity index (χ1) is 11.2. The molecule has 2 aromatic rings. The highest BCUT2D eigenvalue weighted by atomic mass is 32.2. The first-order valence-electron chi connectivity index (χ1n) is 8.05. The fourth-order valence-corrected chi connectivity index (χ4v) is 3.33. The van der Waals surface area contributed by atoms with Crippen molar-refractivity contribution >= 4 is 17.7 Å². The van der Waals surface area contributed by atoms with Gasteiger partial charge in [-0.2, -0.15) is 0 Å². The zero-order valence-electron chi connectivity index (χ0n) is 14.0. The summed E-state index contributed by atoms with van der Waals surface area (Å²) in [6, 6.07) is 9.98. The van der Waals surface area contributed by atoms with Gasteiger partial charge < -0.3 is 4.90 Å². The van der Waals surface area contributed by atoms with Crippen LogP contribution in [0.25, 0.3) is 5.69 Å². The highest BCUT2D eigenvalue weighted by Crippen LogP contribution is 2.22. The van der Waals surface area contributed by atoms with Gasteiger partial charge in [-0.05, 0) is 31.9 Å². The largest absolute Gasteiger partial charge is 0.342 e. The summed E-state index contributed by atoms with van der Waals surface area (Å²) >= 11 is 1.45. The van der Waals surface area contributed by atoms with E-state index in [1.54, 1.807) is 0 Å². The molecule has 1 heterocycles. The van der Waals surface area contributed by atoms with E-state index in [1.165, 1.54) is 11.8 Å². The van der Waals surface area contributed by atoms with Crippen LogP contribution in [0.3, 0.4) is 0 Å². The summed E-state index contributed by atoms with van der Waals surface area (Å²) in [6.07, 6.45) is 1.96. The number of aromatic nitrogens is 3. The topological polar surface area (TPSA) is 51.0 Å². The Bertz CT molecular complexity index is 621. The van der Waals surface area contributed by atoms with Crippen LogP contribution in [0.1, 0.15) is 32.5 Å². The summed E-state index contributed by atoms with van der Waals surface area (Å²) in [4.78, 5) is 14.3. The molecule has 0 bridgehead atoms. The zero-order chi connectivity index (χ0) is 16.7. The Hall–Kier alpha value is -1.82. The number of hydrogen-bond acceptors (Lipinski definition) is 4. The quantitative estimate of drug-likeness (QED) is 0.696. The van der Waals surface area contributed by atoms with Gasteiger partial charge >= 0.3 is 0 Å². The molecule has 0 fully saturated rings. The number of carbonyl (C=O) groups is 1. The fourth-order valence-electron chi connectivity index (χ4n) is 2.43. The minimum absolute atomic E-state index is 0.166. The predicted molar refractivity (Wildman–Crippen MR) is 94.0 cm³/mol. The Kier molecular flexibility index (Phi) is 6.65. The molecule has 0 aliphatic rings. The van der Waals surface area contributed by atoms with Crippen molar-refractivity contribution in [2.45, 2.75) is 38.8 Å². The Morgan fingerprint density at radius 2 is 1.78 bits per heavy atom. The normalized spacial score (nSPS) is 10.7. The van der Waals surface area contributed by atoms with Crippen LogP contribution in [0.5, 0.6) is 0 Å². The molecule has 0 unspecified atom stereocenters. The lowest BCUT2D eigenvalue weighted by Crippen LogP contribution is -2.33. The molecular formula is C17H24N4OS. The smallest absolute Gasteiger partial charge is 0.233 e. The van der Waals surface area contributed by atoms with E-state index in [2.05, 4.69) is 24.0 Å². The van der Waals surface area contributed by atoms with Gasteiger partial charge in [-0.1, -0.05) is 43.8 Å². The minimum atomic E-state index is 0.166. The SMILES string of the molecule is CCCN(CCC)C(=O)CSc1nnc(C)n1-c1ccccc1. The molecule has 0 N–H and O–H groups in total. The molecular weight excluding hydrogens is 308 g/mol. The van der Waals surface area contributed by atoms with E-state index < -0.39 is 0 Å². The first-order valence-corrected chi connectivity index (χ1v) is 9.04. The fraction of sp³-hybridized carbons (Fsp3) is 0.471. The van der Waals surface area contributed by atoms with E-state index in [4.69, 9.17) is 0 Å². The third kappa shape index (κ3) is 4.58. The highest BCUT2D eigenvalue weighted by Gasteiger charge is 2.16. The second kappa shape index (κ2) is 8.72. The number of benzene rings is 1. The van der Waals surface area contributed by atoms with Crippen molar-refractivity contribution in [3.05, 3.63) is 36.2 Å². The van der Waals surface area contributed by atoms with Crippen LogP contribution in [-0.2, 0) is 4.79 Å². The molecule has 23 heavy (non-hydrogen) atoms. The Morgan fingerprint density at radius 3 is 2.39 bits per heavy atom. The van der Waals surface area contributed by atoms with Crippen LogP contribution in [0.15, 0.2) is 35.5 Å². The molecule has 0 aliphatic heterocycles. The summed E-state index contributed by atoms with van der Waals surface area (Å²) in [5.74, 6) is 1.38. The second-order valence-corrected chi connectivity index (χ2v) is 6.31. The van der Waals surface area contributed by atoms with E-state index in [0.29, 0.717) is 5.75 Å². The van der Waals surface area contributed by atoms with Gasteiger partial charge in [-0.3, -0.25) is 9.36 Å². The van der Waals surface area contributed by atoms with Crippen molar-refractivity contribution in [3.63, 3.8) is 0 Å². The average Bonchev–Trinajstić information content (AvgIpc) is 2.94. The lowest BCUT2D eigenvalue weighted by molar-refractivity contribution is -0.128. The van der Waals surface area contributed by atoms with Gasteiger partial charge in [0.2, 0.25) is 5.91 Å². The van der Waals surface area contributed by atoms with Crippen LogP contribution < -0.4 is 0 Å². The third-order valence-corrected chi connectivity index (χ3v) is 4.39. The van der Waals surface area contributed by atoms with Crippen molar-refractivity contribution < 1.29 is 4.79 Å². The summed E-state index contributed by atoms with van der Waals surface area (Å²) in [6.45, 7) is 7.75. The van der Waals surface area contributed by atoms with E-state index in [9.17, 15) is 4.79 Å². The molecule has 124 valence electrons. The standard InChI is InChI=1S/C17H24N4OS/c1-4-11-20(12-5-2)16(22)13-23-17-19-18-14(3)21(17)15-9-7-6-8-10-15/h6-10H,4-5,11-13H2,1-3H3. The monoisotopic (exact) mass is 332 g/mol. The molecule has 0 saturated heterocycles. The van der Waals surface area contributed by atoms with Gasteiger partial charge in [0.15, 0.2) is 5.16 Å². The van der Waals surface area contributed by atoms with E-state index >= 15 is 0 Å². The molecule has 0 saturated carbocycles. The van der Waals surface area contributed by atoms with Crippen molar-refractivity contribution in [2.24, 2.45) is 0 Å². The van der Waals surface area contributed by atoms with Gasteiger partial charge in [-0.15, -0.1) is 10.2 Å². The van der Waals surface area contributed by atoms with E-state index in [-0.39, 0.29) is 5.91 Å². The molecule has 0 aliphatic carbocycles. The Labute approximate surface area is 142 Å². The number of rotatable bonds is 8. The molecule has 1 aromatic heterocycles. The summed E-state index contributed by atoms with van der Waals surface area (Å²) in [7, 11) is 0. The van der Waals surface area contributed by atoms with Crippen LogP contribution in [0, 0.1) is 6.92 Å². The van der Waals surface area contributed by atoms with Crippen molar-refractivity contribution in [1.82, 2.24) is 19.7 Å². The van der Waals surface area contributed by atoms with Gasteiger partial charge in [0, 0.05) is 18.8 Å². The average molecular weight is 332 g/mol. The third-order valence-electron chi connectivity index (χ3n) is 3.47. The minimum Gasteiger partial charge on any atom is -0.342 e. The van der Waals surface area contributed by atoms with Crippen molar-refractivity contribution in [3.8, 4) is 5.69 Å². The molecule has 0 spiro atoms. The Balaban J connectivity index is 2.08. The maximum absolute atomic E-state index is 12.4. The highest BCUT2D eigenvalue weighted by molar-refractivity contribution is 7.99. The lowest BCUT2D eigenvalue weighted by Gasteiger charge is -2.21. The molecule has 5 nitrogen and oxygen atoms in total. The van der Waals surface area contributed by atoms with Gasteiger partial charge in [0.25, 0.3) is 0 Å². The molecule has 1 aromatic carbocycles. The summed E-state index contributed by atoms with van der Waals surface area (Å²) in [5.41, 5.74) is 1.02. The number of amides is 1. The number of carbonyl (C=O) groups excluding carboxylic acids is 1. The van der Waals surface area contributed by atoms with Gasteiger partial charge in [-0.25, -0.2) is 0 Å². The number of aryl methyl sites for hydroxylation is 1. The van der Waals surface area contributed by atoms with Crippen LogP contribution >= 0.6 is 11.8 Å². The van der Waals surface area contributed by atoms with Crippen LogP contribution in [-0.4, -0.2) is 44.4 Å². The maximum atomic E-state index is 12.4. The molecule has 6 heteroatoms. The first kappa shape index (κ1) is 17.5. The van der Waals surface area contributed by atoms with Crippen molar-refractivity contribution in [2.75, 3.05) is 18.8 Å². The number of nitrogens with zero attached hydrogens (tertiary/aromatic N) is 4. The Morgan fingerprint density at radius 1 is 1.13 bits per heavy atom. The van der Waals surface area contributed by atoms with Crippen LogP contribution in [0.2, 0.25) is 0 Å². The van der Waals surface area contributed by atoms with Crippen molar-refractivity contribution in [1.29, 1.82) is 0 Å². The number of para-hydroxylation sites is 1. The number of hydrogen-bond donors (Lipinski definition) is 0. The summed E-state index contributed by atoms with van der Waals surface area (Å²) in [5, 5.41) is 9.14. The number of thioether (sulfide) groups is 1. The summed E-state index contributed by atoms with van der Waals surface area (Å²) < 4.78 is 1.99. The molecule has 2 rings (SSSR count). The molecule has 0 atom stereocenters. The molecule has 1 amide bonds. The second-order valence-electron chi connectivity index (χ2n) is 5.37. The van der Waals surface area contributed by atoms with Gasteiger partial charge in [0.05, 0.1) is 5.75 Å². The lowest BCUT2D eigenvalue weighted by atomic mass is 10.3. The van der Waals surface area contributed by atoms with E-state index in [0.717, 1.165) is 42.6 Å². The molecule has 0 radical (unpaired) electrons. The zero-order valence-corrected chi connectivity index (χ0v) is 14.8. The van der Waals surface area contributed by atoms with E-state index in [1.807, 2.05) is 46.7 Å².